The molecule has 4 aromatic rings. The molecule has 1 heterocycles. The number of carbonyl (C=O) groups is 2. The van der Waals surface area contributed by atoms with Crippen molar-refractivity contribution >= 4 is 61.3 Å². The van der Waals surface area contributed by atoms with Crippen molar-refractivity contribution in [3.8, 4) is 5.75 Å². The van der Waals surface area contributed by atoms with Crippen molar-refractivity contribution in [2.75, 3.05) is 7.11 Å². The molecule has 10 heteroatoms. The summed E-state index contributed by atoms with van der Waals surface area (Å²) in [5.74, 6) is -0.240. The Morgan fingerprint density at radius 3 is 2.35 bits per heavy atom. The number of thioether (sulfide) groups is 1. The van der Waals surface area contributed by atoms with E-state index in [0.717, 1.165) is 21.9 Å². The van der Waals surface area contributed by atoms with Gasteiger partial charge < -0.3 is 10.1 Å². The van der Waals surface area contributed by atoms with E-state index in [0.29, 0.717) is 27.1 Å². The second-order valence-corrected chi connectivity index (χ2v) is 11.8. The minimum atomic E-state index is -3.95. The van der Waals surface area contributed by atoms with Crippen LogP contribution in [-0.2, 0) is 26.0 Å². The third-order valence-electron chi connectivity index (χ3n) is 6.15. The third kappa shape index (κ3) is 6.24. The Bertz CT molecular complexity index is 1780. The number of hydrogen-bond donors (Lipinski definition) is 2. The summed E-state index contributed by atoms with van der Waals surface area (Å²) < 4.78 is 32.5. The number of nitrogens with zero attached hydrogens (tertiary/aromatic N) is 1. The van der Waals surface area contributed by atoms with Gasteiger partial charge in [-0.25, -0.2) is 18.1 Å². The van der Waals surface area contributed by atoms with Crippen LogP contribution in [0.4, 0.5) is 5.69 Å². The average molecular weight is 572 g/mol. The zero-order valence-corrected chi connectivity index (χ0v) is 23.3. The number of rotatable bonds is 7. The van der Waals surface area contributed by atoms with Crippen LogP contribution in [0, 0.1) is 6.92 Å². The second-order valence-electron chi connectivity index (χ2n) is 9.11. The molecule has 0 bridgehead atoms. The highest BCUT2D eigenvalue weighted by Gasteiger charge is 2.24. The molecular formula is C30H25N3O5S2. The lowest BCUT2D eigenvalue weighted by atomic mass is 10.1. The summed E-state index contributed by atoms with van der Waals surface area (Å²) in [6.07, 6.45) is 1.66. The molecule has 2 N–H and O–H groups in total. The van der Waals surface area contributed by atoms with Gasteiger partial charge in [-0.05, 0) is 77.5 Å². The number of carbonyl (C=O) groups excluding carboxylic acids is 2. The Morgan fingerprint density at radius 1 is 1.00 bits per heavy atom. The molecule has 2 amide bonds. The first kappa shape index (κ1) is 27.2. The molecule has 0 aromatic heterocycles. The van der Waals surface area contributed by atoms with Crippen LogP contribution in [0.2, 0.25) is 0 Å². The van der Waals surface area contributed by atoms with Gasteiger partial charge in [0.1, 0.15) is 5.75 Å². The lowest BCUT2D eigenvalue weighted by molar-refractivity contribution is -0.118. The van der Waals surface area contributed by atoms with Crippen LogP contribution < -0.4 is 14.8 Å². The Morgan fingerprint density at radius 2 is 1.68 bits per heavy atom. The molecule has 4 aromatic carbocycles. The number of sulfonamides is 1. The second kappa shape index (κ2) is 11.4. The van der Waals surface area contributed by atoms with E-state index in [1.165, 1.54) is 23.9 Å². The first-order valence-electron chi connectivity index (χ1n) is 12.3. The van der Waals surface area contributed by atoms with Crippen LogP contribution >= 0.6 is 11.8 Å². The van der Waals surface area contributed by atoms with Gasteiger partial charge in [-0.1, -0.05) is 54.1 Å². The zero-order valence-electron chi connectivity index (χ0n) is 21.7. The number of nitrogens with one attached hydrogen (secondary N) is 2. The van der Waals surface area contributed by atoms with Gasteiger partial charge in [-0.15, -0.1) is 0 Å². The van der Waals surface area contributed by atoms with Crippen molar-refractivity contribution in [1.82, 2.24) is 10.0 Å². The number of ether oxygens (including phenoxy) is 1. The topological polar surface area (TPSA) is 114 Å². The van der Waals surface area contributed by atoms with Gasteiger partial charge in [0.25, 0.3) is 15.9 Å². The van der Waals surface area contributed by atoms with Gasteiger partial charge in [0.2, 0.25) is 5.91 Å². The number of aryl methyl sites for hydroxylation is 1. The highest BCUT2D eigenvalue weighted by molar-refractivity contribution is 8.18. The number of amides is 2. The van der Waals surface area contributed by atoms with Crippen molar-refractivity contribution in [3.05, 3.63) is 107 Å². The van der Waals surface area contributed by atoms with E-state index in [9.17, 15) is 18.0 Å². The predicted molar refractivity (Wildman–Crippen MR) is 158 cm³/mol. The minimum Gasteiger partial charge on any atom is -0.496 e. The number of amidine groups is 1. The molecule has 0 aliphatic carbocycles. The number of methoxy groups -OCH3 is 1. The van der Waals surface area contributed by atoms with Gasteiger partial charge in [-0.2, -0.15) is 0 Å². The number of fused-ring (bicyclic) bond motifs is 1. The average Bonchev–Trinajstić information content (AvgIpc) is 3.27. The first-order chi connectivity index (χ1) is 19.2. The number of hydrogen-bond acceptors (Lipinski definition) is 7. The van der Waals surface area contributed by atoms with Crippen molar-refractivity contribution < 1.29 is 22.7 Å². The van der Waals surface area contributed by atoms with E-state index >= 15 is 0 Å². The summed E-state index contributed by atoms with van der Waals surface area (Å²) in [6.45, 7) is 1.85. The van der Waals surface area contributed by atoms with Crippen molar-refractivity contribution in [3.63, 3.8) is 0 Å². The highest BCUT2D eigenvalue weighted by Crippen LogP contribution is 2.33. The minimum absolute atomic E-state index is 0.0289. The maximum atomic E-state index is 12.6. The van der Waals surface area contributed by atoms with Crippen LogP contribution in [0.5, 0.6) is 5.75 Å². The lowest BCUT2D eigenvalue weighted by Crippen LogP contribution is -2.31. The Labute approximate surface area is 236 Å². The molecule has 5 rings (SSSR count). The fourth-order valence-corrected chi connectivity index (χ4v) is 5.92. The third-order valence-corrected chi connectivity index (χ3v) is 8.45. The molecule has 1 aliphatic heterocycles. The first-order valence-corrected chi connectivity index (χ1v) is 14.6. The summed E-state index contributed by atoms with van der Waals surface area (Å²) in [7, 11) is -2.35. The molecule has 0 spiro atoms. The molecule has 0 saturated carbocycles. The molecule has 0 atom stereocenters. The molecule has 0 radical (unpaired) electrons. The van der Waals surface area contributed by atoms with E-state index in [1.54, 1.807) is 49.6 Å². The van der Waals surface area contributed by atoms with E-state index < -0.39 is 15.9 Å². The van der Waals surface area contributed by atoms with E-state index in [-0.39, 0.29) is 17.2 Å². The summed E-state index contributed by atoms with van der Waals surface area (Å²) in [6, 6.07) is 24.9. The van der Waals surface area contributed by atoms with Gasteiger partial charge in [0.15, 0.2) is 5.17 Å². The maximum absolute atomic E-state index is 12.6. The quantitative estimate of drug-likeness (QED) is 0.299. The predicted octanol–water partition coefficient (Wildman–Crippen LogP) is 5.10. The van der Waals surface area contributed by atoms with Gasteiger partial charge in [0, 0.05) is 5.56 Å². The smallest absolute Gasteiger partial charge is 0.264 e. The molecular weight excluding hydrogens is 546 g/mol. The summed E-state index contributed by atoms with van der Waals surface area (Å²) in [4.78, 5) is 30.0. The van der Waals surface area contributed by atoms with E-state index in [1.807, 2.05) is 43.3 Å². The van der Waals surface area contributed by atoms with Crippen LogP contribution in [0.25, 0.3) is 16.8 Å². The standard InChI is InChI=1S/C30H25N3O5S2/c1-19-7-13-25(14-8-19)40(36,37)33-28(34)15-20-9-11-24(12-10-20)31-30-32-29(35)27(39-30)18-23-16-21-5-3-4-6-22(21)17-26(23)38-2/h3-14,16-18H,15H2,1-2H3,(H,33,34)(H,31,32,35)/b27-18-. The van der Waals surface area contributed by atoms with E-state index in [2.05, 4.69) is 15.0 Å². The van der Waals surface area contributed by atoms with E-state index in [4.69, 9.17) is 4.74 Å². The van der Waals surface area contributed by atoms with Gasteiger partial charge >= 0.3 is 0 Å². The molecule has 1 aliphatic rings. The molecule has 8 nitrogen and oxygen atoms in total. The number of aliphatic imine (C=N–C) groups is 1. The largest absolute Gasteiger partial charge is 0.496 e. The van der Waals surface area contributed by atoms with Gasteiger partial charge in [-0.3, -0.25) is 9.59 Å². The molecule has 1 saturated heterocycles. The molecule has 1 fully saturated rings. The lowest BCUT2D eigenvalue weighted by Gasteiger charge is -2.08. The fraction of sp³-hybridized carbons (Fsp3) is 0.100. The highest BCUT2D eigenvalue weighted by atomic mass is 32.2. The Balaban J connectivity index is 1.25. The van der Waals surface area contributed by atoms with Crippen LogP contribution in [0.1, 0.15) is 16.7 Å². The fourth-order valence-electron chi connectivity index (χ4n) is 4.10. The summed E-state index contributed by atoms with van der Waals surface area (Å²) in [5.41, 5.74) is 2.89. The molecule has 40 heavy (non-hydrogen) atoms. The zero-order chi connectivity index (χ0) is 28.3. The van der Waals surface area contributed by atoms with Crippen LogP contribution in [0.3, 0.4) is 0 Å². The summed E-state index contributed by atoms with van der Waals surface area (Å²) >= 11 is 1.22. The van der Waals surface area contributed by atoms with Crippen LogP contribution in [0.15, 0.2) is 99.7 Å². The summed E-state index contributed by atoms with van der Waals surface area (Å²) in [5, 5.41) is 5.27. The Hall–Kier alpha value is -4.41. The van der Waals surface area contributed by atoms with Gasteiger partial charge in [0.05, 0.1) is 29.0 Å². The molecule has 202 valence electrons. The maximum Gasteiger partial charge on any atom is 0.264 e. The monoisotopic (exact) mass is 571 g/mol. The van der Waals surface area contributed by atoms with Crippen molar-refractivity contribution in [2.45, 2.75) is 18.2 Å². The number of benzene rings is 4. The Kier molecular flexibility index (Phi) is 7.72. The normalized spacial score (nSPS) is 15.4. The molecule has 0 unspecified atom stereocenters. The SMILES string of the molecule is COc1cc2ccccc2cc1/C=C1\SC(=Nc2ccc(CC(=O)NS(=O)(=O)c3ccc(C)cc3)cc2)NC1=O. The van der Waals surface area contributed by atoms with Crippen LogP contribution in [-0.4, -0.2) is 32.5 Å². The van der Waals surface area contributed by atoms with Crippen molar-refractivity contribution in [1.29, 1.82) is 0 Å². The van der Waals surface area contributed by atoms with Crippen molar-refractivity contribution in [2.24, 2.45) is 4.99 Å².